The number of methoxy groups -OCH3 is 1. The summed E-state index contributed by atoms with van der Waals surface area (Å²) in [5.74, 6) is 1.60. The number of nitrogens with zero attached hydrogens (tertiary/aromatic N) is 1. The molecule has 2 N–H and O–H groups in total. The Hall–Kier alpha value is -1.20. The van der Waals surface area contributed by atoms with Gasteiger partial charge in [0.25, 0.3) is 0 Å². The van der Waals surface area contributed by atoms with Crippen molar-refractivity contribution in [1.82, 2.24) is 4.98 Å². The number of nitrogen functional groups attached to an aromatic ring is 1. The van der Waals surface area contributed by atoms with Gasteiger partial charge < -0.3 is 10.5 Å². The quantitative estimate of drug-likeness (QED) is 0.687. The summed E-state index contributed by atoms with van der Waals surface area (Å²) in [5, 5.41) is 0. The summed E-state index contributed by atoms with van der Waals surface area (Å²) < 4.78 is 6.29. The minimum atomic E-state index is 0.706. The summed E-state index contributed by atoms with van der Waals surface area (Å²) in [5.41, 5.74) is 7.46. The van der Waals surface area contributed by atoms with Crippen molar-refractivity contribution in [1.29, 1.82) is 0 Å². The van der Waals surface area contributed by atoms with Crippen LogP contribution in [0.15, 0.2) is 45.9 Å². The highest BCUT2D eigenvalue weighted by molar-refractivity contribution is 9.10. The molecule has 0 amide bonds. The van der Waals surface area contributed by atoms with Crippen molar-refractivity contribution < 1.29 is 4.74 Å². The Kier molecular flexibility index (Phi) is 4.49. The Morgan fingerprint density at radius 2 is 2.17 bits per heavy atom. The fraction of sp³-hybridized carbons (Fsp3) is 0.154. The number of benzene rings is 1. The van der Waals surface area contributed by atoms with E-state index in [4.69, 9.17) is 10.5 Å². The normalized spacial score (nSPS) is 10.3. The Balaban J connectivity index is 2.08. The van der Waals surface area contributed by atoms with Crippen LogP contribution in [-0.2, 0) is 5.75 Å². The summed E-state index contributed by atoms with van der Waals surface area (Å²) in [4.78, 5) is 5.40. The lowest BCUT2D eigenvalue weighted by Crippen LogP contribution is -1.91. The summed E-state index contributed by atoms with van der Waals surface area (Å²) >= 11 is 5.05. The number of rotatable bonds is 4. The van der Waals surface area contributed by atoms with Crippen molar-refractivity contribution in [3.8, 4) is 5.75 Å². The molecule has 0 unspecified atom stereocenters. The third kappa shape index (κ3) is 3.40. The SMILES string of the molecule is COc1cc(N)ccc1SCc1ccc(Br)cn1. The van der Waals surface area contributed by atoms with Crippen LogP contribution in [0.25, 0.3) is 0 Å². The van der Waals surface area contributed by atoms with Gasteiger partial charge >= 0.3 is 0 Å². The molecule has 0 atom stereocenters. The molecule has 2 rings (SSSR count). The fourth-order valence-corrected chi connectivity index (χ4v) is 2.60. The standard InChI is InChI=1S/C13H13BrN2OS/c1-17-12-6-10(15)3-5-13(12)18-8-11-4-2-9(14)7-16-11/h2-7H,8,15H2,1H3. The number of nitrogens with two attached hydrogens (primary N) is 1. The van der Waals surface area contributed by atoms with Gasteiger partial charge in [0.2, 0.25) is 0 Å². The molecule has 2 aromatic rings. The van der Waals surface area contributed by atoms with Crippen molar-refractivity contribution in [3.63, 3.8) is 0 Å². The lowest BCUT2D eigenvalue weighted by molar-refractivity contribution is 0.405. The lowest BCUT2D eigenvalue weighted by Gasteiger charge is -2.08. The Bertz CT molecular complexity index is 531. The lowest BCUT2D eigenvalue weighted by atomic mass is 10.3. The molecular weight excluding hydrogens is 312 g/mol. The molecule has 94 valence electrons. The van der Waals surface area contributed by atoms with Gasteiger partial charge in [-0.15, -0.1) is 11.8 Å². The molecule has 1 aromatic carbocycles. The predicted molar refractivity (Wildman–Crippen MR) is 78.9 cm³/mol. The Morgan fingerprint density at radius 1 is 1.33 bits per heavy atom. The maximum atomic E-state index is 5.72. The van der Waals surface area contributed by atoms with Gasteiger partial charge in [0, 0.05) is 33.1 Å². The molecule has 3 nitrogen and oxygen atoms in total. The molecule has 0 spiro atoms. The molecule has 0 aliphatic rings. The Labute approximate surface area is 119 Å². The number of thioether (sulfide) groups is 1. The molecule has 0 saturated carbocycles. The van der Waals surface area contributed by atoms with E-state index in [1.165, 1.54) is 0 Å². The molecule has 0 radical (unpaired) electrons. The van der Waals surface area contributed by atoms with E-state index in [2.05, 4.69) is 20.9 Å². The van der Waals surface area contributed by atoms with E-state index in [1.807, 2.05) is 30.3 Å². The predicted octanol–water partition coefficient (Wildman–Crippen LogP) is 3.73. The average molecular weight is 325 g/mol. The van der Waals surface area contributed by atoms with Crippen molar-refractivity contribution in [2.24, 2.45) is 0 Å². The third-order valence-corrected chi connectivity index (χ3v) is 3.91. The zero-order valence-corrected chi connectivity index (χ0v) is 12.3. The second kappa shape index (κ2) is 6.11. The first-order valence-electron chi connectivity index (χ1n) is 5.36. The van der Waals surface area contributed by atoms with Crippen LogP contribution in [0, 0.1) is 0 Å². The number of hydrogen-bond donors (Lipinski definition) is 1. The minimum absolute atomic E-state index is 0.706. The first kappa shape index (κ1) is 13.2. The first-order valence-corrected chi connectivity index (χ1v) is 7.13. The number of hydrogen-bond acceptors (Lipinski definition) is 4. The molecule has 1 aromatic heterocycles. The molecule has 0 fully saturated rings. The molecule has 5 heteroatoms. The van der Waals surface area contributed by atoms with Crippen LogP contribution in [0.4, 0.5) is 5.69 Å². The Morgan fingerprint density at radius 3 is 2.83 bits per heavy atom. The van der Waals surface area contributed by atoms with Gasteiger partial charge in [-0.05, 0) is 40.2 Å². The van der Waals surface area contributed by atoms with Gasteiger partial charge in [-0.1, -0.05) is 0 Å². The van der Waals surface area contributed by atoms with Crippen molar-refractivity contribution in [2.75, 3.05) is 12.8 Å². The second-order valence-electron chi connectivity index (χ2n) is 3.67. The maximum absolute atomic E-state index is 5.72. The highest BCUT2D eigenvalue weighted by Crippen LogP contribution is 2.32. The highest BCUT2D eigenvalue weighted by atomic mass is 79.9. The smallest absolute Gasteiger partial charge is 0.134 e. The number of anilines is 1. The van der Waals surface area contributed by atoms with E-state index < -0.39 is 0 Å². The van der Waals surface area contributed by atoms with Gasteiger partial charge in [0.1, 0.15) is 5.75 Å². The van der Waals surface area contributed by atoms with E-state index in [-0.39, 0.29) is 0 Å². The molecule has 0 aliphatic carbocycles. The topological polar surface area (TPSA) is 48.1 Å². The summed E-state index contributed by atoms with van der Waals surface area (Å²) in [6.45, 7) is 0. The van der Waals surface area contributed by atoms with Gasteiger partial charge in [0.05, 0.1) is 12.8 Å². The van der Waals surface area contributed by atoms with Crippen LogP contribution in [0.2, 0.25) is 0 Å². The summed E-state index contributed by atoms with van der Waals surface area (Å²) in [7, 11) is 1.65. The fourth-order valence-electron chi connectivity index (χ4n) is 1.45. The van der Waals surface area contributed by atoms with Crippen LogP contribution < -0.4 is 10.5 Å². The number of pyridine rings is 1. The first-order chi connectivity index (χ1) is 8.69. The number of halogens is 1. The molecule has 1 heterocycles. The van der Waals surface area contributed by atoms with Crippen molar-refractivity contribution in [3.05, 3.63) is 46.7 Å². The van der Waals surface area contributed by atoms with E-state index in [0.717, 1.165) is 26.6 Å². The minimum Gasteiger partial charge on any atom is -0.496 e. The molecule has 0 bridgehead atoms. The van der Waals surface area contributed by atoms with Gasteiger partial charge in [-0.2, -0.15) is 0 Å². The second-order valence-corrected chi connectivity index (χ2v) is 5.60. The van der Waals surface area contributed by atoms with E-state index in [9.17, 15) is 0 Å². The van der Waals surface area contributed by atoms with Crippen LogP contribution in [0.1, 0.15) is 5.69 Å². The molecule has 0 saturated heterocycles. The molecule has 0 aliphatic heterocycles. The summed E-state index contributed by atoms with van der Waals surface area (Å²) in [6, 6.07) is 9.67. The molecule has 18 heavy (non-hydrogen) atoms. The van der Waals surface area contributed by atoms with Crippen molar-refractivity contribution in [2.45, 2.75) is 10.6 Å². The third-order valence-electron chi connectivity index (χ3n) is 2.35. The van der Waals surface area contributed by atoms with Crippen LogP contribution in [0.5, 0.6) is 5.75 Å². The number of ether oxygens (including phenoxy) is 1. The average Bonchev–Trinajstić information content (AvgIpc) is 2.39. The zero-order valence-electron chi connectivity index (χ0n) is 9.89. The molecular formula is C13H13BrN2OS. The monoisotopic (exact) mass is 324 g/mol. The zero-order chi connectivity index (χ0) is 13.0. The largest absolute Gasteiger partial charge is 0.496 e. The summed E-state index contributed by atoms with van der Waals surface area (Å²) in [6.07, 6.45) is 1.80. The number of aromatic nitrogens is 1. The maximum Gasteiger partial charge on any atom is 0.134 e. The van der Waals surface area contributed by atoms with Gasteiger partial charge in [0.15, 0.2) is 0 Å². The van der Waals surface area contributed by atoms with Crippen molar-refractivity contribution >= 4 is 33.4 Å². The van der Waals surface area contributed by atoms with E-state index >= 15 is 0 Å². The van der Waals surface area contributed by atoms with Crippen LogP contribution >= 0.6 is 27.7 Å². The van der Waals surface area contributed by atoms with E-state index in [0.29, 0.717) is 5.69 Å². The van der Waals surface area contributed by atoms with Crippen LogP contribution in [0.3, 0.4) is 0 Å². The van der Waals surface area contributed by atoms with Gasteiger partial charge in [-0.3, -0.25) is 4.98 Å². The van der Waals surface area contributed by atoms with Crippen LogP contribution in [-0.4, -0.2) is 12.1 Å². The highest BCUT2D eigenvalue weighted by Gasteiger charge is 2.05. The van der Waals surface area contributed by atoms with Gasteiger partial charge in [-0.25, -0.2) is 0 Å². The van der Waals surface area contributed by atoms with E-state index in [1.54, 1.807) is 25.1 Å².